The van der Waals surface area contributed by atoms with E-state index >= 15 is 0 Å². The van der Waals surface area contributed by atoms with Crippen molar-refractivity contribution in [1.29, 1.82) is 0 Å². The molecule has 0 unspecified atom stereocenters. The summed E-state index contributed by atoms with van der Waals surface area (Å²) >= 11 is 0. The van der Waals surface area contributed by atoms with Gasteiger partial charge in [-0.2, -0.15) is 0 Å². The van der Waals surface area contributed by atoms with Crippen molar-refractivity contribution >= 4 is 17.6 Å². The number of nitrogens with one attached hydrogen (secondary N) is 1. The Labute approximate surface area is 122 Å². The molecule has 0 fully saturated rings. The van der Waals surface area contributed by atoms with Crippen LogP contribution in [0.3, 0.4) is 0 Å². The molecule has 0 aliphatic carbocycles. The highest BCUT2D eigenvalue weighted by atomic mass is 15.1. The van der Waals surface area contributed by atoms with Crippen molar-refractivity contribution < 1.29 is 0 Å². The first-order chi connectivity index (χ1) is 9.79. The van der Waals surface area contributed by atoms with Crippen LogP contribution in [0.25, 0.3) is 0 Å². The molecule has 0 heterocycles. The normalized spacial score (nSPS) is 10.9. The number of para-hydroxylation sites is 2. The summed E-state index contributed by atoms with van der Waals surface area (Å²) in [5.74, 6) is 0. The summed E-state index contributed by atoms with van der Waals surface area (Å²) in [6, 6.07) is 8.14. The molecule has 4 heteroatoms. The van der Waals surface area contributed by atoms with E-state index in [2.05, 4.69) is 27.9 Å². The summed E-state index contributed by atoms with van der Waals surface area (Å²) in [6.45, 7) is 7.11. The summed E-state index contributed by atoms with van der Waals surface area (Å²) in [5, 5.41) is 3.33. The number of unbranched alkanes of at least 4 members (excludes halogenated alkanes) is 1. The molecule has 3 N–H and O–H groups in total. The molecule has 0 radical (unpaired) electrons. The number of rotatable bonds is 10. The maximum atomic E-state index is 5.45. The maximum Gasteiger partial charge on any atom is 0.0859 e. The van der Waals surface area contributed by atoms with Gasteiger partial charge < -0.3 is 16.0 Å². The fourth-order valence-electron chi connectivity index (χ4n) is 1.89. The molecule has 0 atom stereocenters. The van der Waals surface area contributed by atoms with Crippen LogP contribution in [0.15, 0.2) is 41.9 Å². The lowest BCUT2D eigenvalue weighted by Gasteiger charge is -2.18. The summed E-state index contributed by atoms with van der Waals surface area (Å²) in [6.07, 6.45) is 5.99. The molecule has 1 aromatic rings. The van der Waals surface area contributed by atoms with Crippen LogP contribution in [0.1, 0.15) is 12.8 Å². The third-order valence-electron chi connectivity index (χ3n) is 2.97. The first-order valence-electron chi connectivity index (χ1n) is 7.14. The monoisotopic (exact) mass is 274 g/mol. The van der Waals surface area contributed by atoms with Gasteiger partial charge in [-0.15, -0.1) is 6.58 Å². The number of aliphatic imine (C=N–C) groups is 1. The van der Waals surface area contributed by atoms with E-state index < -0.39 is 0 Å². The number of hydrogen-bond donors (Lipinski definition) is 2. The van der Waals surface area contributed by atoms with Crippen molar-refractivity contribution in [3.8, 4) is 0 Å². The van der Waals surface area contributed by atoms with E-state index in [0.717, 1.165) is 50.4 Å². The Morgan fingerprint density at radius 1 is 1.35 bits per heavy atom. The third-order valence-corrected chi connectivity index (χ3v) is 2.97. The minimum atomic E-state index is 0.763. The van der Waals surface area contributed by atoms with E-state index in [1.807, 2.05) is 37.5 Å². The minimum Gasteiger partial charge on any atom is -0.369 e. The van der Waals surface area contributed by atoms with Crippen molar-refractivity contribution in [2.24, 2.45) is 10.7 Å². The number of anilines is 1. The Morgan fingerprint density at radius 2 is 2.15 bits per heavy atom. The Hall–Kier alpha value is -1.65. The van der Waals surface area contributed by atoms with Gasteiger partial charge in [0.1, 0.15) is 0 Å². The molecule has 0 saturated heterocycles. The number of hydrogen-bond acceptors (Lipinski definition) is 4. The van der Waals surface area contributed by atoms with Crippen molar-refractivity contribution in [3.63, 3.8) is 0 Å². The SMILES string of the molecule is C=CCN(C)c1ccccc1/N=C/CNCCCCN. The summed E-state index contributed by atoms with van der Waals surface area (Å²) in [4.78, 5) is 6.67. The standard InChI is InChI=1S/C16H26N4/c1-3-14-20(2)16-9-5-4-8-15(16)19-13-12-18-11-7-6-10-17/h3-5,8-9,13,18H,1,6-7,10-12,14,17H2,2H3/b19-13+. The first kappa shape index (κ1) is 16.4. The van der Waals surface area contributed by atoms with Crippen LogP contribution < -0.4 is 16.0 Å². The predicted molar refractivity (Wildman–Crippen MR) is 89.2 cm³/mol. The van der Waals surface area contributed by atoms with Crippen LogP contribution in [-0.2, 0) is 0 Å². The van der Waals surface area contributed by atoms with Gasteiger partial charge in [0.2, 0.25) is 0 Å². The fourth-order valence-corrected chi connectivity index (χ4v) is 1.89. The molecule has 0 aliphatic rings. The van der Waals surface area contributed by atoms with Crippen LogP contribution in [-0.4, -0.2) is 39.4 Å². The van der Waals surface area contributed by atoms with Crippen LogP contribution >= 0.6 is 0 Å². The highest BCUT2D eigenvalue weighted by molar-refractivity contribution is 5.73. The Bertz CT molecular complexity index is 415. The smallest absolute Gasteiger partial charge is 0.0859 e. The van der Waals surface area contributed by atoms with E-state index in [1.54, 1.807) is 0 Å². The van der Waals surface area contributed by atoms with Gasteiger partial charge in [0.15, 0.2) is 0 Å². The second-order valence-corrected chi connectivity index (χ2v) is 4.67. The van der Waals surface area contributed by atoms with Crippen LogP contribution in [0.4, 0.5) is 11.4 Å². The summed E-state index contributed by atoms with van der Waals surface area (Å²) in [7, 11) is 2.04. The lowest BCUT2D eigenvalue weighted by molar-refractivity contribution is 0.670. The van der Waals surface area contributed by atoms with Gasteiger partial charge in [0.25, 0.3) is 0 Å². The van der Waals surface area contributed by atoms with Crippen molar-refractivity contribution in [2.45, 2.75) is 12.8 Å². The average molecular weight is 274 g/mol. The second-order valence-electron chi connectivity index (χ2n) is 4.67. The molecule has 110 valence electrons. The topological polar surface area (TPSA) is 53.6 Å². The average Bonchev–Trinajstić information content (AvgIpc) is 2.47. The predicted octanol–water partition coefficient (Wildman–Crippen LogP) is 2.34. The van der Waals surface area contributed by atoms with Gasteiger partial charge >= 0.3 is 0 Å². The molecular weight excluding hydrogens is 248 g/mol. The molecule has 4 nitrogen and oxygen atoms in total. The minimum absolute atomic E-state index is 0.763. The third kappa shape index (κ3) is 5.99. The van der Waals surface area contributed by atoms with E-state index in [9.17, 15) is 0 Å². The van der Waals surface area contributed by atoms with E-state index in [1.165, 1.54) is 0 Å². The number of likely N-dealkylation sites (N-methyl/N-ethyl adjacent to an activating group) is 1. The van der Waals surface area contributed by atoms with Crippen molar-refractivity contribution in [3.05, 3.63) is 36.9 Å². The second kappa shape index (κ2) is 10.2. The van der Waals surface area contributed by atoms with Gasteiger partial charge in [-0.1, -0.05) is 18.2 Å². The van der Waals surface area contributed by atoms with Crippen molar-refractivity contribution in [1.82, 2.24) is 5.32 Å². The lowest BCUT2D eigenvalue weighted by atomic mass is 10.2. The zero-order valence-corrected chi connectivity index (χ0v) is 12.4. The number of benzene rings is 1. The van der Waals surface area contributed by atoms with Crippen LogP contribution in [0.5, 0.6) is 0 Å². The maximum absolute atomic E-state index is 5.45. The lowest BCUT2D eigenvalue weighted by Crippen LogP contribution is -2.18. The van der Waals surface area contributed by atoms with E-state index in [4.69, 9.17) is 5.73 Å². The summed E-state index contributed by atoms with van der Waals surface area (Å²) < 4.78 is 0. The molecule has 0 bridgehead atoms. The van der Waals surface area contributed by atoms with Gasteiger partial charge in [-0.3, -0.25) is 4.99 Å². The molecule has 0 spiro atoms. The molecule has 0 aliphatic heterocycles. The number of nitrogens with zero attached hydrogens (tertiary/aromatic N) is 2. The molecule has 0 amide bonds. The highest BCUT2D eigenvalue weighted by Gasteiger charge is 2.03. The Balaban J connectivity index is 2.48. The van der Waals surface area contributed by atoms with E-state index in [-0.39, 0.29) is 0 Å². The van der Waals surface area contributed by atoms with Gasteiger partial charge in [-0.25, -0.2) is 0 Å². The first-order valence-corrected chi connectivity index (χ1v) is 7.14. The van der Waals surface area contributed by atoms with Gasteiger partial charge in [0.05, 0.1) is 11.4 Å². The van der Waals surface area contributed by atoms with Gasteiger partial charge in [0, 0.05) is 26.4 Å². The molecule has 1 aromatic carbocycles. The molecule has 20 heavy (non-hydrogen) atoms. The Morgan fingerprint density at radius 3 is 2.90 bits per heavy atom. The quantitative estimate of drug-likeness (QED) is 0.391. The molecule has 1 rings (SSSR count). The van der Waals surface area contributed by atoms with Crippen molar-refractivity contribution in [2.75, 3.05) is 38.1 Å². The van der Waals surface area contributed by atoms with Crippen LogP contribution in [0, 0.1) is 0 Å². The number of nitrogens with two attached hydrogens (primary N) is 1. The molecule has 0 aromatic heterocycles. The van der Waals surface area contributed by atoms with E-state index in [0.29, 0.717) is 0 Å². The highest BCUT2D eigenvalue weighted by Crippen LogP contribution is 2.26. The summed E-state index contributed by atoms with van der Waals surface area (Å²) in [5.41, 5.74) is 7.55. The van der Waals surface area contributed by atoms with Crippen LogP contribution in [0.2, 0.25) is 0 Å². The largest absolute Gasteiger partial charge is 0.369 e. The zero-order valence-electron chi connectivity index (χ0n) is 12.4. The molecule has 0 saturated carbocycles. The van der Waals surface area contributed by atoms with Gasteiger partial charge in [-0.05, 0) is 38.1 Å². The fraction of sp³-hybridized carbons (Fsp3) is 0.438. The Kier molecular flexibility index (Phi) is 8.35. The molecular formula is C16H26N4. The zero-order chi connectivity index (χ0) is 14.6.